The molecule has 1 aliphatic heterocycles. The first-order chi connectivity index (χ1) is 16.3. The number of halogens is 1. The number of amides is 1. The van der Waals surface area contributed by atoms with E-state index in [1.807, 2.05) is 20.8 Å². The summed E-state index contributed by atoms with van der Waals surface area (Å²) < 4.78 is 20.4. The lowest BCUT2D eigenvalue weighted by molar-refractivity contribution is -0.128. The topological polar surface area (TPSA) is 105 Å². The van der Waals surface area contributed by atoms with Gasteiger partial charge in [-0.05, 0) is 38.3 Å². The second kappa shape index (κ2) is 9.12. The van der Waals surface area contributed by atoms with Crippen molar-refractivity contribution in [1.29, 1.82) is 0 Å². The highest BCUT2D eigenvalue weighted by Crippen LogP contribution is 2.45. The molecule has 1 saturated carbocycles. The number of fused-ring (bicyclic) bond motifs is 1. The van der Waals surface area contributed by atoms with E-state index in [4.69, 9.17) is 4.74 Å². The SMILES string of the molecule is Cc1nc2nc(NC(C)c3cncc(F)c3)nc(COCN3CC(NC(=O)C4(C)CC4)C3)c2s1. The van der Waals surface area contributed by atoms with Gasteiger partial charge in [0.2, 0.25) is 11.9 Å². The van der Waals surface area contributed by atoms with Gasteiger partial charge in [-0.2, -0.15) is 4.98 Å². The number of aryl methyl sites for hydroxylation is 1. The number of ether oxygens (including phenoxy) is 1. The van der Waals surface area contributed by atoms with Gasteiger partial charge in [-0.25, -0.2) is 14.4 Å². The van der Waals surface area contributed by atoms with Crippen LogP contribution in [-0.2, 0) is 16.1 Å². The zero-order valence-electron chi connectivity index (χ0n) is 19.5. The Hall–Kier alpha value is -2.76. The number of hydrogen-bond acceptors (Lipinski definition) is 9. The third-order valence-electron chi connectivity index (χ3n) is 6.36. The maximum absolute atomic E-state index is 13.6. The monoisotopic (exact) mass is 485 g/mol. The van der Waals surface area contributed by atoms with E-state index in [9.17, 15) is 9.18 Å². The number of nitrogens with zero attached hydrogens (tertiary/aromatic N) is 5. The Morgan fingerprint density at radius 2 is 2.12 bits per heavy atom. The van der Waals surface area contributed by atoms with Gasteiger partial charge in [-0.1, -0.05) is 6.92 Å². The highest BCUT2D eigenvalue weighted by atomic mass is 32.1. The third kappa shape index (κ3) is 5.01. The van der Waals surface area contributed by atoms with E-state index in [2.05, 4.69) is 35.5 Å². The molecule has 0 spiro atoms. The first kappa shape index (κ1) is 23.0. The smallest absolute Gasteiger partial charge is 0.226 e. The molecule has 5 rings (SSSR count). The normalized spacial score (nSPS) is 18.5. The number of thiazole rings is 1. The van der Waals surface area contributed by atoms with Gasteiger partial charge >= 0.3 is 0 Å². The minimum absolute atomic E-state index is 0.142. The Morgan fingerprint density at radius 1 is 1.32 bits per heavy atom. The van der Waals surface area contributed by atoms with Crippen molar-refractivity contribution in [3.63, 3.8) is 0 Å². The highest BCUT2D eigenvalue weighted by molar-refractivity contribution is 7.18. The number of rotatable bonds is 9. The van der Waals surface area contributed by atoms with Crippen LogP contribution < -0.4 is 10.6 Å². The molecule has 2 aliphatic rings. The molecule has 2 fully saturated rings. The number of carbonyl (C=O) groups excluding carboxylic acids is 1. The second-order valence-electron chi connectivity index (χ2n) is 9.43. The predicted octanol–water partition coefficient (Wildman–Crippen LogP) is 3.18. The average molecular weight is 486 g/mol. The fourth-order valence-corrected chi connectivity index (χ4v) is 4.73. The van der Waals surface area contributed by atoms with Gasteiger partial charge in [0.15, 0.2) is 5.65 Å². The van der Waals surface area contributed by atoms with Crippen LogP contribution >= 0.6 is 11.3 Å². The maximum atomic E-state index is 13.6. The molecule has 0 radical (unpaired) electrons. The first-order valence-corrected chi connectivity index (χ1v) is 12.2. The van der Waals surface area contributed by atoms with E-state index in [0.717, 1.165) is 41.3 Å². The molecule has 2 N–H and O–H groups in total. The molecule has 1 atom stereocenters. The molecule has 0 bridgehead atoms. The van der Waals surface area contributed by atoms with Crippen LogP contribution in [0.25, 0.3) is 10.3 Å². The van der Waals surface area contributed by atoms with Crippen molar-refractivity contribution in [2.75, 3.05) is 25.1 Å². The molecular weight excluding hydrogens is 457 g/mol. The van der Waals surface area contributed by atoms with E-state index in [0.29, 0.717) is 30.5 Å². The summed E-state index contributed by atoms with van der Waals surface area (Å²) in [5.41, 5.74) is 1.93. The number of anilines is 1. The van der Waals surface area contributed by atoms with Crippen LogP contribution in [0.15, 0.2) is 18.5 Å². The molecule has 9 nitrogen and oxygen atoms in total. The van der Waals surface area contributed by atoms with Gasteiger partial charge in [0.25, 0.3) is 0 Å². The summed E-state index contributed by atoms with van der Waals surface area (Å²) in [7, 11) is 0. The number of carbonyl (C=O) groups is 1. The molecule has 3 aromatic rings. The predicted molar refractivity (Wildman–Crippen MR) is 127 cm³/mol. The number of aromatic nitrogens is 4. The van der Waals surface area contributed by atoms with E-state index < -0.39 is 0 Å². The number of pyridine rings is 1. The highest BCUT2D eigenvalue weighted by Gasteiger charge is 2.46. The van der Waals surface area contributed by atoms with Crippen LogP contribution in [0.4, 0.5) is 10.3 Å². The molecule has 34 heavy (non-hydrogen) atoms. The zero-order chi connectivity index (χ0) is 23.9. The number of nitrogens with one attached hydrogen (secondary N) is 2. The fraction of sp³-hybridized carbons (Fsp3) is 0.522. The average Bonchev–Trinajstić information content (AvgIpc) is 3.41. The van der Waals surface area contributed by atoms with Crippen molar-refractivity contribution < 1.29 is 13.9 Å². The molecule has 1 aliphatic carbocycles. The van der Waals surface area contributed by atoms with E-state index in [1.54, 1.807) is 6.20 Å². The molecule has 1 amide bonds. The number of hydrogen-bond donors (Lipinski definition) is 2. The maximum Gasteiger partial charge on any atom is 0.226 e. The van der Waals surface area contributed by atoms with Crippen molar-refractivity contribution in [2.45, 2.75) is 52.3 Å². The lowest BCUT2D eigenvalue weighted by atomic mass is 10.1. The lowest BCUT2D eigenvalue weighted by Gasteiger charge is -2.39. The molecule has 1 saturated heterocycles. The van der Waals surface area contributed by atoms with E-state index in [1.165, 1.54) is 23.6 Å². The summed E-state index contributed by atoms with van der Waals surface area (Å²) in [6.07, 6.45) is 4.76. The van der Waals surface area contributed by atoms with Crippen LogP contribution in [0.2, 0.25) is 0 Å². The van der Waals surface area contributed by atoms with Crippen molar-refractivity contribution in [3.05, 3.63) is 40.5 Å². The van der Waals surface area contributed by atoms with Crippen molar-refractivity contribution in [1.82, 2.24) is 30.2 Å². The molecular formula is C23H28FN7O2S. The molecule has 1 unspecified atom stereocenters. The summed E-state index contributed by atoms with van der Waals surface area (Å²) in [5, 5.41) is 7.25. The minimum atomic E-state index is -0.388. The summed E-state index contributed by atoms with van der Waals surface area (Å²) >= 11 is 1.53. The Morgan fingerprint density at radius 3 is 2.85 bits per heavy atom. The van der Waals surface area contributed by atoms with Gasteiger partial charge < -0.3 is 15.4 Å². The van der Waals surface area contributed by atoms with Crippen molar-refractivity contribution in [3.8, 4) is 0 Å². The fourth-order valence-electron chi connectivity index (χ4n) is 3.90. The van der Waals surface area contributed by atoms with Gasteiger partial charge in [0.05, 0.1) is 47.0 Å². The van der Waals surface area contributed by atoms with Crippen LogP contribution in [0.1, 0.15) is 49.0 Å². The Labute approximate surface area is 201 Å². The minimum Gasteiger partial charge on any atom is -0.360 e. The Kier molecular flexibility index (Phi) is 6.17. The van der Waals surface area contributed by atoms with Crippen molar-refractivity contribution >= 4 is 33.5 Å². The molecule has 180 valence electrons. The van der Waals surface area contributed by atoms with Crippen LogP contribution in [0.5, 0.6) is 0 Å². The molecule has 3 aromatic heterocycles. The summed E-state index contributed by atoms with van der Waals surface area (Å²) in [6, 6.07) is 1.40. The first-order valence-electron chi connectivity index (χ1n) is 11.4. The van der Waals surface area contributed by atoms with Crippen LogP contribution in [0, 0.1) is 18.2 Å². The van der Waals surface area contributed by atoms with Gasteiger partial charge in [0.1, 0.15) is 5.82 Å². The van der Waals surface area contributed by atoms with Gasteiger partial charge in [0, 0.05) is 24.7 Å². The molecule has 0 aromatic carbocycles. The lowest BCUT2D eigenvalue weighted by Crippen LogP contribution is -2.60. The summed E-state index contributed by atoms with van der Waals surface area (Å²) in [6.45, 7) is 8.19. The standard InChI is InChI=1S/C23H28FN7O2S/c1-13(15-6-16(24)8-25-7-15)26-22-29-18(19-20(30-22)27-14(2)34-19)11-33-12-31-9-17(10-31)28-21(32)23(3)4-5-23/h6-8,13,17H,4-5,9-12H2,1-3H3,(H,28,32)(H,26,29,30). The van der Waals surface area contributed by atoms with Crippen LogP contribution in [0.3, 0.4) is 0 Å². The Balaban J connectivity index is 1.19. The third-order valence-corrected chi connectivity index (χ3v) is 7.36. The zero-order valence-corrected chi connectivity index (χ0v) is 20.3. The molecule has 11 heteroatoms. The van der Waals surface area contributed by atoms with E-state index in [-0.39, 0.29) is 29.2 Å². The van der Waals surface area contributed by atoms with Gasteiger partial charge in [-0.3, -0.25) is 14.7 Å². The largest absolute Gasteiger partial charge is 0.360 e. The molecule has 4 heterocycles. The summed E-state index contributed by atoms with van der Waals surface area (Å²) in [4.78, 5) is 31.9. The summed E-state index contributed by atoms with van der Waals surface area (Å²) in [5.74, 6) is 0.194. The second-order valence-corrected chi connectivity index (χ2v) is 10.6. The van der Waals surface area contributed by atoms with E-state index >= 15 is 0 Å². The number of likely N-dealkylation sites (tertiary alicyclic amines) is 1. The van der Waals surface area contributed by atoms with Crippen LogP contribution in [-0.4, -0.2) is 56.6 Å². The Bertz CT molecular complexity index is 1210. The van der Waals surface area contributed by atoms with Gasteiger partial charge in [-0.15, -0.1) is 11.3 Å². The quantitative estimate of drug-likeness (QED) is 0.476. The van der Waals surface area contributed by atoms with Crippen molar-refractivity contribution in [2.24, 2.45) is 5.41 Å².